The molecule has 0 aromatic heterocycles. The molecule has 0 saturated heterocycles. The third kappa shape index (κ3) is 3.84. The number of carboxylic acid groups (broad SMARTS) is 1. The van der Waals surface area contributed by atoms with Crippen LogP contribution in [-0.4, -0.2) is 22.6 Å². The van der Waals surface area contributed by atoms with Gasteiger partial charge in [-0.25, -0.2) is 9.59 Å². The quantitative estimate of drug-likeness (QED) is 0.800. The topological polar surface area (TPSA) is 63.6 Å². The number of ether oxygens (including phenoxy) is 1. The molecule has 0 heterocycles. The minimum absolute atomic E-state index is 0.0356. The molecular formula is C17H24O4. The average Bonchev–Trinajstić information content (AvgIpc) is 2.37. The van der Waals surface area contributed by atoms with Crippen molar-refractivity contribution >= 4 is 11.9 Å². The molecule has 0 unspecified atom stereocenters. The standard InChI is InChI=1S/C17H24O4/c1-6-11-16(2,3)17(4,5)21-15(20)13-10-8-7-9-12(13)14(18)19/h7-10H,6,11H2,1-5H3,(H,18,19). The van der Waals surface area contributed by atoms with Gasteiger partial charge in [-0.15, -0.1) is 0 Å². The van der Waals surface area contributed by atoms with Gasteiger partial charge >= 0.3 is 11.9 Å². The van der Waals surface area contributed by atoms with Crippen LogP contribution in [0.1, 0.15) is 68.2 Å². The van der Waals surface area contributed by atoms with Crippen LogP contribution in [0.15, 0.2) is 24.3 Å². The summed E-state index contributed by atoms with van der Waals surface area (Å²) in [6, 6.07) is 6.11. The van der Waals surface area contributed by atoms with E-state index in [1.165, 1.54) is 12.1 Å². The lowest BCUT2D eigenvalue weighted by Crippen LogP contribution is -2.43. The van der Waals surface area contributed by atoms with Crippen LogP contribution < -0.4 is 0 Å². The number of carboxylic acids is 1. The van der Waals surface area contributed by atoms with Crippen LogP contribution in [0.4, 0.5) is 0 Å². The molecule has 4 nitrogen and oxygen atoms in total. The highest BCUT2D eigenvalue weighted by molar-refractivity contribution is 6.02. The van der Waals surface area contributed by atoms with Gasteiger partial charge < -0.3 is 9.84 Å². The van der Waals surface area contributed by atoms with Crippen molar-refractivity contribution in [3.05, 3.63) is 35.4 Å². The second kappa shape index (κ2) is 6.29. The van der Waals surface area contributed by atoms with E-state index in [0.29, 0.717) is 0 Å². The largest absolute Gasteiger partial charge is 0.478 e. The third-order valence-corrected chi connectivity index (χ3v) is 4.23. The first-order chi connectivity index (χ1) is 9.62. The molecule has 1 N–H and O–H groups in total. The summed E-state index contributed by atoms with van der Waals surface area (Å²) >= 11 is 0. The lowest BCUT2D eigenvalue weighted by molar-refractivity contribution is -0.0655. The molecule has 116 valence electrons. The van der Waals surface area contributed by atoms with E-state index in [1.807, 2.05) is 27.7 Å². The highest BCUT2D eigenvalue weighted by Gasteiger charge is 2.40. The molecule has 21 heavy (non-hydrogen) atoms. The van der Waals surface area contributed by atoms with E-state index in [-0.39, 0.29) is 16.5 Å². The predicted octanol–water partition coefficient (Wildman–Crippen LogP) is 4.15. The van der Waals surface area contributed by atoms with Gasteiger partial charge in [0.15, 0.2) is 0 Å². The first-order valence-corrected chi connectivity index (χ1v) is 7.18. The maximum atomic E-state index is 12.4. The van der Waals surface area contributed by atoms with Gasteiger partial charge in [0.2, 0.25) is 0 Å². The van der Waals surface area contributed by atoms with Crippen molar-refractivity contribution in [2.45, 2.75) is 53.1 Å². The second-order valence-electron chi connectivity index (χ2n) is 6.38. The Balaban J connectivity index is 3.04. The fourth-order valence-corrected chi connectivity index (χ4v) is 2.20. The predicted molar refractivity (Wildman–Crippen MR) is 81.6 cm³/mol. The zero-order valence-electron chi connectivity index (χ0n) is 13.4. The summed E-state index contributed by atoms with van der Waals surface area (Å²) in [6.45, 7) is 9.91. The Morgan fingerprint density at radius 3 is 2.10 bits per heavy atom. The molecule has 0 aliphatic carbocycles. The number of esters is 1. The lowest BCUT2D eigenvalue weighted by atomic mass is 9.74. The SMILES string of the molecule is CCCC(C)(C)C(C)(C)OC(=O)c1ccccc1C(=O)O. The van der Waals surface area contributed by atoms with Crippen molar-refractivity contribution in [1.82, 2.24) is 0 Å². The van der Waals surface area contributed by atoms with E-state index in [0.717, 1.165) is 12.8 Å². The Kier molecular flexibility index (Phi) is 5.15. The van der Waals surface area contributed by atoms with Gasteiger partial charge in [0.25, 0.3) is 0 Å². The summed E-state index contributed by atoms with van der Waals surface area (Å²) in [7, 11) is 0. The van der Waals surface area contributed by atoms with Gasteiger partial charge in [0, 0.05) is 5.41 Å². The van der Waals surface area contributed by atoms with Crippen molar-refractivity contribution in [2.24, 2.45) is 5.41 Å². The summed E-state index contributed by atoms with van der Waals surface area (Å²) in [4.78, 5) is 23.5. The maximum absolute atomic E-state index is 12.4. The fraction of sp³-hybridized carbons (Fsp3) is 0.529. The second-order valence-corrected chi connectivity index (χ2v) is 6.38. The highest BCUT2D eigenvalue weighted by Crippen LogP contribution is 2.38. The van der Waals surface area contributed by atoms with E-state index in [1.54, 1.807) is 12.1 Å². The van der Waals surface area contributed by atoms with E-state index in [9.17, 15) is 9.59 Å². The minimum atomic E-state index is -1.13. The van der Waals surface area contributed by atoms with Crippen LogP contribution in [0.25, 0.3) is 0 Å². The first-order valence-electron chi connectivity index (χ1n) is 7.18. The van der Waals surface area contributed by atoms with Crippen LogP contribution in [0.3, 0.4) is 0 Å². The number of benzene rings is 1. The molecule has 0 radical (unpaired) electrons. The van der Waals surface area contributed by atoms with Crippen LogP contribution >= 0.6 is 0 Å². The van der Waals surface area contributed by atoms with Crippen molar-refractivity contribution in [3.63, 3.8) is 0 Å². The van der Waals surface area contributed by atoms with Crippen molar-refractivity contribution in [1.29, 1.82) is 0 Å². The van der Waals surface area contributed by atoms with Crippen molar-refractivity contribution in [3.8, 4) is 0 Å². The molecule has 0 saturated carbocycles. The Morgan fingerprint density at radius 1 is 1.10 bits per heavy atom. The van der Waals surface area contributed by atoms with Gasteiger partial charge in [-0.1, -0.05) is 39.3 Å². The van der Waals surface area contributed by atoms with Crippen LogP contribution in [0, 0.1) is 5.41 Å². The highest BCUT2D eigenvalue weighted by atomic mass is 16.6. The van der Waals surface area contributed by atoms with Crippen molar-refractivity contribution < 1.29 is 19.4 Å². The van der Waals surface area contributed by atoms with Gasteiger partial charge in [-0.2, -0.15) is 0 Å². The van der Waals surface area contributed by atoms with Gasteiger partial charge in [-0.05, 0) is 32.4 Å². The molecule has 0 amide bonds. The Labute approximate surface area is 126 Å². The van der Waals surface area contributed by atoms with Crippen LogP contribution in [0.5, 0.6) is 0 Å². The van der Waals surface area contributed by atoms with E-state index in [4.69, 9.17) is 9.84 Å². The maximum Gasteiger partial charge on any atom is 0.339 e. The molecular weight excluding hydrogens is 268 g/mol. The molecule has 1 rings (SSSR count). The molecule has 1 aromatic carbocycles. The fourth-order valence-electron chi connectivity index (χ4n) is 2.20. The molecule has 0 aliphatic rings. The summed E-state index contributed by atoms with van der Waals surface area (Å²) in [6.07, 6.45) is 1.90. The first kappa shape index (κ1) is 17.2. The smallest absolute Gasteiger partial charge is 0.339 e. The average molecular weight is 292 g/mol. The summed E-state index contributed by atoms with van der Waals surface area (Å²) in [5.41, 5.74) is -0.835. The summed E-state index contributed by atoms with van der Waals surface area (Å²) in [5, 5.41) is 9.15. The Bertz CT molecular complexity index is 529. The van der Waals surface area contributed by atoms with Gasteiger partial charge in [0.1, 0.15) is 5.60 Å². The van der Waals surface area contributed by atoms with Crippen LogP contribution in [-0.2, 0) is 4.74 Å². The monoisotopic (exact) mass is 292 g/mol. The van der Waals surface area contributed by atoms with Gasteiger partial charge in [0.05, 0.1) is 11.1 Å². The molecule has 4 heteroatoms. The molecule has 0 atom stereocenters. The van der Waals surface area contributed by atoms with Crippen LogP contribution in [0.2, 0.25) is 0 Å². The number of carbonyl (C=O) groups excluding carboxylic acids is 1. The third-order valence-electron chi connectivity index (χ3n) is 4.23. The summed E-state index contributed by atoms with van der Waals surface area (Å²) in [5.74, 6) is -1.73. The molecule has 0 spiro atoms. The zero-order chi connectivity index (χ0) is 16.3. The number of carbonyl (C=O) groups is 2. The van der Waals surface area contributed by atoms with E-state index in [2.05, 4.69) is 6.92 Å². The summed E-state index contributed by atoms with van der Waals surface area (Å²) < 4.78 is 5.63. The molecule has 1 aromatic rings. The van der Waals surface area contributed by atoms with Gasteiger partial charge in [-0.3, -0.25) is 0 Å². The number of aromatic carboxylic acids is 1. The molecule has 0 fully saturated rings. The molecule has 0 bridgehead atoms. The Morgan fingerprint density at radius 2 is 1.62 bits per heavy atom. The van der Waals surface area contributed by atoms with E-state index >= 15 is 0 Å². The van der Waals surface area contributed by atoms with E-state index < -0.39 is 17.5 Å². The normalized spacial score (nSPS) is 12.0. The molecule has 0 aliphatic heterocycles. The number of rotatable bonds is 6. The lowest BCUT2D eigenvalue weighted by Gasteiger charge is -2.41. The zero-order valence-corrected chi connectivity index (χ0v) is 13.4. The van der Waals surface area contributed by atoms with Crippen molar-refractivity contribution in [2.75, 3.05) is 0 Å². The number of hydrogen-bond donors (Lipinski definition) is 1. The number of hydrogen-bond acceptors (Lipinski definition) is 3. The minimum Gasteiger partial charge on any atom is -0.478 e. The Hall–Kier alpha value is -1.84.